The summed E-state index contributed by atoms with van der Waals surface area (Å²) in [7, 11) is 0. The van der Waals surface area contributed by atoms with Crippen molar-refractivity contribution in [3.8, 4) is 0 Å². The van der Waals surface area contributed by atoms with Gasteiger partial charge >= 0.3 is 0 Å². The van der Waals surface area contributed by atoms with Gasteiger partial charge in [0.2, 0.25) is 5.91 Å². The van der Waals surface area contributed by atoms with E-state index in [-0.39, 0.29) is 11.8 Å². The quantitative estimate of drug-likeness (QED) is 0.923. The molecule has 0 bridgehead atoms. The highest BCUT2D eigenvalue weighted by molar-refractivity contribution is 9.10. The van der Waals surface area contributed by atoms with Gasteiger partial charge in [-0.15, -0.1) is 0 Å². The number of amides is 1. The number of carbonyl (C=O) groups is 1. The van der Waals surface area contributed by atoms with Crippen LogP contribution in [0.25, 0.3) is 0 Å². The average molecular weight is 284 g/mol. The van der Waals surface area contributed by atoms with Gasteiger partial charge in [-0.1, -0.05) is 34.1 Å². The van der Waals surface area contributed by atoms with Gasteiger partial charge in [0.25, 0.3) is 0 Å². The Morgan fingerprint density at radius 2 is 2.31 bits per heavy atom. The van der Waals surface area contributed by atoms with E-state index in [4.69, 9.17) is 4.74 Å². The number of hydrogen-bond donors (Lipinski definition) is 1. The summed E-state index contributed by atoms with van der Waals surface area (Å²) in [6.07, 6.45) is 0.835. The third kappa shape index (κ3) is 2.83. The first-order chi connectivity index (χ1) is 7.77. The number of rotatable bonds is 3. The van der Waals surface area contributed by atoms with Crippen molar-refractivity contribution in [1.82, 2.24) is 5.32 Å². The van der Waals surface area contributed by atoms with Crippen LogP contribution in [0.3, 0.4) is 0 Å². The molecule has 0 aliphatic carbocycles. The molecule has 0 saturated carbocycles. The van der Waals surface area contributed by atoms with E-state index in [9.17, 15) is 4.79 Å². The summed E-state index contributed by atoms with van der Waals surface area (Å²) in [4.78, 5) is 11.7. The number of benzene rings is 1. The molecule has 4 heteroatoms. The van der Waals surface area contributed by atoms with Crippen molar-refractivity contribution in [2.45, 2.75) is 13.0 Å². The molecule has 1 aromatic rings. The van der Waals surface area contributed by atoms with Gasteiger partial charge in [-0.3, -0.25) is 4.79 Å². The van der Waals surface area contributed by atoms with E-state index >= 15 is 0 Å². The summed E-state index contributed by atoms with van der Waals surface area (Å²) < 4.78 is 6.21. The summed E-state index contributed by atoms with van der Waals surface area (Å²) in [5.74, 6) is 0.121. The maximum atomic E-state index is 11.7. The van der Waals surface area contributed by atoms with Crippen LogP contribution in [0.15, 0.2) is 28.7 Å². The molecule has 1 aromatic carbocycles. The molecule has 1 atom stereocenters. The number of carbonyl (C=O) groups excluding carboxylic acids is 1. The molecule has 16 heavy (non-hydrogen) atoms. The van der Waals surface area contributed by atoms with Crippen LogP contribution in [0.5, 0.6) is 0 Å². The molecule has 86 valence electrons. The van der Waals surface area contributed by atoms with Crippen molar-refractivity contribution in [2.75, 3.05) is 13.2 Å². The standard InChI is InChI=1S/C12H14BrNO2/c13-11-4-2-1-3-9(11)7-14-12(15)10-5-6-16-8-10/h1-4,10H,5-8H2,(H,14,15). The highest BCUT2D eigenvalue weighted by Gasteiger charge is 2.22. The van der Waals surface area contributed by atoms with Crippen LogP contribution in [0.1, 0.15) is 12.0 Å². The van der Waals surface area contributed by atoms with Crippen molar-refractivity contribution in [3.63, 3.8) is 0 Å². The third-order valence-electron chi connectivity index (χ3n) is 2.71. The molecule has 1 saturated heterocycles. The predicted molar refractivity (Wildman–Crippen MR) is 64.9 cm³/mol. The molecular weight excluding hydrogens is 270 g/mol. The van der Waals surface area contributed by atoms with Gasteiger partial charge in [-0.05, 0) is 18.1 Å². The number of nitrogens with one attached hydrogen (secondary N) is 1. The number of ether oxygens (including phenoxy) is 1. The molecule has 0 radical (unpaired) electrons. The Balaban J connectivity index is 1.87. The van der Waals surface area contributed by atoms with Crippen LogP contribution in [-0.2, 0) is 16.1 Å². The van der Waals surface area contributed by atoms with E-state index < -0.39 is 0 Å². The second kappa shape index (κ2) is 5.46. The lowest BCUT2D eigenvalue weighted by Gasteiger charge is -2.10. The van der Waals surface area contributed by atoms with Crippen molar-refractivity contribution in [2.24, 2.45) is 5.92 Å². The minimum atomic E-state index is 0.0301. The molecule has 1 unspecified atom stereocenters. The van der Waals surface area contributed by atoms with E-state index in [1.807, 2.05) is 24.3 Å². The molecular formula is C12H14BrNO2. The molecule has 1 heterocycles. The summed E-state index contributed by atoms with van der Waals surface area (Å²) in [6.45, 7) is 1.83. The van der Waals surface area contributed by atoms with Gasteiger partial charge in [-0.2, -0.15) is 0 Å². The van der Waals surface area contributed by atoms with Gasteiger partial charge < -0.3 is 10.1 Å². The first kappa shape index (κ1) is 11.6. The zero-order chi connectivity index (χ0) is 11.4. The molecule has 1 N–H and O–H groups in total. The van der Waals surface area contributed by atoms with Crippen molar-refractivity contribution in [3.05, 3.63) is 34.3 Å². The topological polar surface area (TPSA) is 38.3 Å². The van der Waals surface area contributed by atoms with Gasteiger partial charge in [0, 0.05) is 17.6 Å². The lowest BCUT2D eigenvalue weighted by molar-refractivity contribution is -0.125. The SMILES string of the molecule is O=C(NCc1ccccc1Br)C1CCOC1. The smallest absolute Gasteiger partial charge is 0.225 e. The van der Waals surface area contributed by atoms with Gasteiger partial charge in [0.05, 0.1) is 12.5 Å². The minimum Gasteiger partial charge on any atom is -0.381 e. The summed E-state index contributed by atoms with van der Waals surface area (Å²) in [5.41, 5.74) is 1.09. The van der Waals surface area contributed by atoms with Crippen LogP contribution < -0.4 is 5.32 Å². The molecule has 0 aromatic heterocycles. The minimum absolute atomic E-state index is 0.0301. The van der Waals surface area contributed by atoms with Crippen LogP contribution in [-0.4, -0.2) is 19.1 Å². The Morgan fingerprint density at radius 1 is 1.50 bits per heavy atom. The van der Waals surface area contributed by atoms with E-state index in [1.54, 1.807) is 0 Å². The highest BCUT2D eigenvalue weighted by atomic mass is 79.9. The van der Waals surface area contributed by atoms with E-state index in [2.05, 4.69) is 21.2 Å². The second-order valence-electron chi connectivity index (χ2n) is 3.87. The Hall–Kier alpha value is -0.870. The van der Waals surface area contributed by atoms with Crippen LogP contribution in [0.2, 0.25) is 0 Å². The fourth-order valence-corrected chi connectivity index (χ4v) is 2.13. The zero-order valence-electron chi connectivity index (χ0n) is 8.91. The lowest BCUT2D eigenvalue weighted by Crippen LogP contribution is -2.30. The normalized spacial score (nSPS) is 19.7. The van der Waals surface area contributed by atoms with Crippen molar-refractivity contribution < 1.29 is 9.53 Å². The highest BCUT2D eigenvalue weighted by Crippen LogP contribution is 2.16. The molecule has 1 aliphatic heterocycles. The Kier molecular flexibility index (Phi) is 3.96. The lowest BCUT2D eigenvalue weighted by atomic mass is 10.1. The van der Waals surface area contributed by atoms with E-state index in [0.29, 0.717) is 19.8 Å². The summed E-state index contributed by atoms with van der Waals surface area (Å²) in [5, 5.41) is 2.93. The van der Waals surface area contributed by atoms with E-state index in [1.165, 1.54) is 0 Å². The van der Waals surface area contributed by atoms with Crippen molar-refractivity contribution >= 4 is 21.8 Å². The summed E-state index contributed by atoms with van der Waals surface area (Å²) in [6, 6.07) is 7.89. The van der Waals surface area contributed by atoms with Crippen LogP contribution in [0, 0.1) is 5.92 Å². The first-order valence-electron chi connectivity index (χ1n) is 5.36. The monoisotopic (exact) mass is 283 g/mol. The van der Waals surface area contributed by atoms with Gasteiger partial charge in [-0.25, -0.2) is 0 Å². The maximum Gasteiger partial charge on any atom is 0.225 e. The second-order valence-corrected chi connectivity index (χ2v) is 4.72. The molecule has 1 aliphatic rings. The Bertz CT molecular complexity index is 375. The van der Waals surface area contributed by atoms with Gasteiger partial charge in [0.1, 0.15) is 0 Å². The molecule has 1 fully saturated rings. The maximum absolute atomic E-state index is 11.7. The predicted octanol–water partition coefficient (Wildman–Crippen LogP) is 2.10. The molecule has 1 amide bonds. The fraction of sp³-hybridized carbons (Fsp3) is 0.417. The van der Waals surface area contributed by atoms with E-state index in [0.717, 1.165) is 16.5 Å². The number of halogens is 1. The molecule has 2 rings (SSSR count). The Morgan fingerprint density at radius 3 is 3.00 bits per heavy atom. The number of hydrogen-bond acceptors (Lipinski definition) is 2. The zero-order valence-corrected chi connectivity index (χ0v) is 10.5. The van der Waals surface area contributed by atoms with Crippen LogP contribution in [0.4, 0.5) is 0 Å². The third-order valence-corrected chi connectivity index (χ3v) is 3.49. The molecule has 0 spiro atoms. The Labute approximate surface area is 103 Å². The first-order valence-corrected chi connectivity index (χ1v) is 6.15. The molecule has 3 nitrogen and oxygen atoms in total. The van der Waals surface area contributed by atoms with Crippen molar-refractivity contribution in [1.29, 1.82) is 0 Å². The largest absolute Gasteiger partial charge is 0.381 e. The van der Waals surface area contributed by atoms with Crippen LogP contribution >= 0.6 is 15.9 Å². The summed E-state index contributed by atoms with van der Waals surface area (Å²) >= 11 is 3.45. The average Bonchev–Trinajstić information content (AvgIpc) is 2.81. The van der Waals surface area contributed by atoms with Gasteiger partial charge in [0.15, 0.2) is 0 Å². The fourth-order valence-electron chi connectivity index (χ4n) is 1.71.